The number of hydrogen-bond donors (Lipinski definition) is 0. The smallest absolute Gasteiger partial charge is 0.302 e. The predicted molar refractivity (Wildman–Crippen MR) is 80.2 cm³/mol. The lowest BCUT2D eigenvalue weighted by Gasteiger charge is -2.03. The van der Waals surface area contributed by atoms with Crippen molar-refractivity contribution >= 4 is 5.97 Å². The van der Waals surface area contributed by atoms with Gasteiger partial charge in [0.15, 0.2) is 0 Å². The van der Waals surface area contributed by atoms with E-state index in [2.05, 4.69) is 18.7 Å². The van der Waals surface area contributed by atoms with Crippen LogP contribution in [0.15, 0.2) is 54.6 Å². The summed E-state index contributed by atoms with van der Waals surface area (Å²) in [6, 6.07) is 10.1. The summed E-state index contributed by atoms with van der Waals surface area (Å²) in [4.78, 5) is 10.6. The van der Waals surface area contributed by atoms with Crippen LogP contribution in [0.3, 0.4) is 0 Å². The van der Waals surface area contributed by atoms with Crippen LogP contribution >= 0.6 is 0 Å². The van der Waals surface area contributed by atoms with Crippen molar-refractivity contribution < 1.29 is 14.3 Å². The standard InChI is InChI=1S/C17H22O3/c1-15(13-20-16(2)18)9-5-4-8-12-19-14-17-10-6-3-7-11-17/h3,5-7,9-11H,1,4,8,12-14H2,2H3/b9-5-. The van der Waals surface area contributed by atoms with Crippen molar-refractivity contribution in [3.05, 3.63) is 60.2 Å². The first-order valence-electron chi connectivity index (χ1n) is 6.78. The van der Waals surface area contributed by atoms with E-state index in [4.69, 9.17) is 9.47 Å². The Hall–Kier alpha value is -1.87. The average molecular weight is 274 g/mol. The molecule has 0 aliphatic heterocycles. The predicted octanol–water partition coefficient (Wildman–Crippen LogP) is 3.66. The number of ether oxygens (including phenoxy) is 2. The maximum atomic E-state index is 10.6. The summed E-state index contributed by atoms with van der Waals surface area (Å²) in [7, 11) is 0. The molecule has 20 heavy (non-hydrogen) atoms. The van der Waals surface area contributed by atoms with Crippen molar-refractivity contribution in [1.82, 2.24) is 0 Å². The van der Waals surface area contributed by atoms with Gasteiger partial charge in [0.05, 0.1) is 6.61 Å². The van der Waals surface area contributed by atoms with Gasteiger partial charge in [-0.3, -0.25) is 4.79 Å². The Labute approximate surface area is 120 Å². The Morgan fingerprint density at radius 3 is 2.75 bits per heavy atom. The maximum absolute atomic E-state index is 10.6. The zero-order valence-electron chi connectivity index (χ0n) is 12.0. The van der Waals surface area contributed by atoms with Crippen molar-refractivity contribution in [1.29, 1.82) is 0 Å². The minimum absolute atomic E-state index is 0.260. The van der Waals surface area contributed by atoms with Crippen LogP contribution in [0.1, 0.15) is 25.3 Å². The number of allylic oxidation sites excluding steroid dienone is 1. The summed E-state index contributed by atoms with van der Waals surface area (Å²) in [6.07, 6.45) is 5.80. The van der Waals surface area contributed by atoms with Gasteiger partial charge in [0.25, 0.3) is 0 Å². The van der Waals surface area contributed by atoms with E-state index in [-0.39, 0.29) is 12.6 Å². The maximum Gasteiger partial charge on any atom is 0.302 e. The highest BCUT2D eigenvalue weighted by atomic mass is 16.5. The molecule has 0 atom stereocenters. The van der Waals surface area contributed by atoms with Crippen LogP contribution < -0.4 is 0 Å². The average Bonchev–Trinajstić information content (AvgIpc) is 2.45. The van der Waals surface area contributed by atoms with Gasteiger partial charge in [0.1, 0.15) is 6.61 Å². The molecule has 3 heteroatoms. The molecule has 0 saturated carbocycles. The molecule has 0 heterocycles. The summed E-state index contributed by atoms with van der Waals surface area (Å²) in [6.45, 7) is 6.84. The molecule has 3 nitrogen and oxygen atoms in total. The van der Waals surface area contributed by atoms with Crippen LogP contribution in [0.2, 0.25) is 0 Å². The zero-order chi connectivity index (χ0) is 14.6. The number of carbonyl (C=O) groups is 1. The number of benzene rings is 1. The van der Waals surface area contributed by atoms with Gasteiger partial charge in [-0.15, -0.1) is 0 Å². The molecule has 0 N–H and O–H groups in total. The Morgan fingerprint density at radius 1 is 1.30 bits per heavy atom. The molecule has 0 aliphatic rings. The van der Waals surface area contributed by atoms with E-state index in [1.54, 1.807) is 0 Å². The van der Waals surface area contributed by atoms with Crippen molar-refractivity contribution in [3.63, 3.8) is 0 Å². The van der Waals surface area contributed by atoms with E-state index in [0.29, 0.717) is 6.61 Å². The molecule has 0 saturated heterocycles. The quantitative estimate of drug-likeness (QED) is 0.391. The summed E-state index contributed by atoms with van der Waals surface area (Å²) >= 11 is 0. The van der Waals surface area contributed by atoms with Gasteiger partial charge < -0.3 is 9.47 Å². The van der Waals surface area contributed by atoms with Gasteiger partial charge in [0.2, 0.25) is 0 Å². The molecule has 108 valence electrons. The van der Waals surface area contributed by atoms with E-state index >= 15 is 0 Å². The number of rotatable bonds is 9. The van der Waals surface area contributed by atoms with E-state index in [1.165, 1.54) is 12.5 Å². The normalized spacial score (nSPS) is 10.7. The van der Waals surface area contributed by atoms with E-state index in [9.17, 15) is 4.79 Å². The van der Waals surface area contributed by atoms with Crippen LogP contribution in [0.4, 0.5) is 0 Å². The SMILES string of the molecule is C=C(/C=C\CCCOCc1ccccc1)COC(C)=O. The fraction of sp³-hybridized carbons (Fsp3) is 0.353. The molecule has 0 aliphatic carbocycles. The van der Waals surface area contributed by atoms with Crippen molar-refractivity contribution in [3.8, 4) is 0 Å². The van der Waals surface area contributed by atoms with Gasteiger partial charge in [-0.25, -0.2) is 0 Å². The van der Waals surface area contributed by atoms with Crippen LogP contribution in [0.25, 0.3) is 0 Å². The minimum atomic E-state index is -0.283. The Bertz CT molecular complexity index is 435. The molecule has 1 rings (SSSR count). The largest absolute Gasteiger partial charge is 0.461 e. The van der Waals surface area contributed by atoms with E-state index in [1.807, 2.05) is 30.4 Å². The summed E-state index contributed by atoms with van der Waals surface area (Å²) in [5.41, 5.74) is 1.99. The van der Waals surface area contributed by atoms with Gasteiger partial charge in [-0.1, -0.05) is 49.1 Å². The Morgan fingerprint density at radius 2 is 2.05 bits per heavy atom. The number of esters is 1. The van der Waals surface area contributed by atoms with Gasteiger partial charge in [-0.05, 0) is 24.0 Å². The number of carbonyl (C=O) groups excluding carboxylic acids is 1. The highest BCUT2D eigenvalue weighted by Crippen LogP contribution is 2.02. The fourth-order valence-electron chi connectivity index (χ4n) is 1.56. The molecule has 1 aromatic carbocycles. The van der Waals surface area contributed by atoms with E-state index in [0.717, 1.165) is 25.0 Å². The second-order valence-corrected chi connectivity index (χ2v) is 4.52. The summed E-state index contributed by atoms with van der Waals surface area (Å²) in [5.74, 6) is -0.283. The number of hydrogen-bond acceptors (Lipinski definition) is 3. The van der Waals surface area contributed by atoms with Crippen LogP contribution in [0, 0.1) is 0 Å². The second-order valence-electron chi connectivity index (χ2n) is 4.52. The molecular formula is C17H22O3. The fourth-order valence-corrected chi connectivity index (χ4v) is 1.56. The summed E-state index contributed by atoms with van der Waals surface area (Å²) < 4.78 is 10.4. The second kappa shape index (κ2) is 9.98. The third-order valence-corrected chi connectivity index (χ3v) is 2.59. The van der Waals surface area contributed by atoms with Gasteiger partial charge in [0, 0.05) is 13.5 Å². The third kappa shape index (κ3) is 8.27. The molecule has 0 unspecified atom stereocenters. The monoisotopic (exact) mass is 274 g/mol. The molecule has 0 radical (unpaired) electrons. The molecule has 0 fully saturated rings. The first kappa shape index (κ1) is 16.2. The zero-order valence-corrected chi connectivity index (χ0v) is 12.0. The van der Waals surface area contributed by atoms with Crippen LogP contribution in [0.5, 0.6) is 0 Å². The Balaban J connectivity index is 2.01. The third-order valence-electron chi connectivity index (χ3n) is 2.59. The van der Waals surface area contributed by atoms with Crippen molar-refractivity contribution in [2.45, 2.75) is 26.4 Å². The highest BCUT2D eigenvalue weighted by Gasteiger charge is 1.94. The lowest BCUT2D eigenvalue weighted by molar-refractivity contribution is -0.139. The van der Waals surface area contributed by atoms with Crippen molar-refractivity contribution in [2.75, 3.05) is 13.2 Å². The first-order valence-corrected chi connectivity index (χ1v) is 6.78. The Kier molecular flexibility index (Phi) is 8.08. The molecule has 0 spiro atoms. The first-order chi connectivity index (χ1) is 9.68. The molecule has 0 aromatic heterocycles. The van der Waals surface area contributed by atoms with Gasteiger partial charge >= 0.3 is 5.97 Å². The topological polar surface area (TPSA) is 35.5 Å². The molecular weight excluding hydrogens is 252 g/mol. The number of unbranched alkanes of at least 4 members (excludes halogenated alkanes) is 1. The van der Waals surface area contributed by atoms with Crippen molar-refractivity contribution in [2.24, 2.45) is 0 Å². The molecule has 1 aromatic rings. The highest BCUT2D eigenvalue weighted by molar-refractivity contribution is 5.66. The van der Waals surface area contributed by atoms with Gasteiger partial charge in [-0.2, -0.15) is 0 Å². The molecule has 0 bridgehead atoms. The lowest BCUT2D eigenvalue weighted by Crippen LogP contribution is -2.01. The lowest BCUT2D eigenvalue weighted by atomic mass is 10.2. The summed E-state index contributed by atoms with van der Waals surface area (Å²) in [5, 5.41) is 0. The van der Waals surface area contributed by atoms with Crippen LogP contribution in [-0.4, -0.2) is 19.2 Å². The molecule has 0 amide bonds. The minimum Gasteiger partial charge on any atom is -0.461 e. The van der Waals surface area contributed by atoms with E-state index < -0.39 is 0 Å². The van der Waals surface area contributed by atoms with Crippen LogP contribution in [-0.2, 0) is 20.9 Å².